The van der Waals surface area contributed by atoms with E-state index < -0.39 is 15.9 Å². The highest BCUT2D eigenvalue weighted by Crippen LogP contribution is 2.32. The quantitative estimate of drug-likeness (QED) is 0.489. The van der Waals surface area contributed by atoms with E-state index in [2.05, 4.69) is 5.10 Å². The van der Waals surface area contributed by atoms with E-state index in [4.69, 9.17) is 5.73 Å². The van der Waals surface area contributed by atoms with Crippen LogP contribution >= 0.6 is 0 Å². The fourth-order valence-corrected chi connectivity index (χ4v) is 6.05. The fraction of sp³-hybridized carbons (Fsp3) is 0.200. The van der Waals surface area contributed by atoms with Crippen molar-refractivity contribution in [1.29, 1.82) is 0 Å². The van der Waals surface area contributed by atoms with Crippen molar-refractivity contribution in [2.45, 2.75) is 23.8 Å². The molecule has 3 aromatic carbocycles. The predicted molar refractivity (Wildman–Crippen MR) is 127 cm³/mol. The average Bonchev–Trinajstić information content (AvgIpc) is 3.28. The standard InChI is InChI=1S/C25H24N4O3S/c26-25(30)22-14-19(18-8-3-1-4-9-18)15-24-23(22)16-27-29(24)20-10-7-13-28(17-20)33(31,32)21-11-5-2-6-12-21/h1-6,8-9,11-12,14-16,20H,7,10,13,17H2,(H2,26,30). The maximum atomic E-state index is 13.2. The zero-order chi connectivity index (χ0) is 23.0. The number of benzene rings is 3. The molecule has 2 N–H and O–H groups in total. The van der Waals surface area contributed by atoms with Gasteiger partial charge in [-0.15, -0.1) is 0 Å². The summed E-state index contributed by atoms with van der Waals surface area (Å²) in [4.78, 5) is 12.5. The molecule has 1 unspecified atom stereocenters. The minimum atomic E-state index is -3.59. The van der Waals surface area contributed by atoms with Gasteiger partial charge in [0.2, 0.25) is 15.9 Å². The summed E-state index contributed by atoms with van der Waals surface area (Å²) in [7, 11) is -3.59. The van der Waals surface area contributed by atoms with Crippen molar-refractivity contribution in [1.82, 2.24) is 14.1 Å². The zero-order valence-corrected chi connectivity index (χ0v) is 18.8. The van der Waals surface area contributed by atoms with E-state index in [0.717, 1.165) is 29.5 Å². The molecule has 8 heteroatoms. The molecule has 1 aliphatic heterocycles. The molecule has 1 aliphatic rings. The van der Waals surface area contributed by atoms with Crippen LogP contribution in [-0.4, -0.2) is 41.5 Å². The van der Waals surface area contributed by atoms with Gasteiger partial charge in [0.15, 0.2) is 0 Å². The van der Waals surface area contributed by atoms with E-state index >= 15 is 0 Å². The topological polar surface area (TPSA) is 98.3 Å². The molecule has 1 saturated heterocycles. The average molecular weight is 461 g/mol. The van der Waals surface area contributed by atoms with Crippen LogP contribution in [0.4, 0.5) is 0 Å². The molecule has 7 nitrogen and oxygen atoms in total. The molecule has 2 heterocycles. The van der Waals surface area contributed by atoms with Crippen LogP contribution in [0.2, 0.25) is 0 Å². The van der Waals surface area contributed by atoms with E-state index in [-0.39, 0.29) is 6.04 Å². The number of carbonyl (C=O) groups is 1. The van der Waals surface area contributed by atoms with Gasteiger partial charge >= 0.3 is 0 Å². The Morgan fingerprint density at radius 2 is 1.67 bits per heavy atom. The van der Waals surface area contributed by atoms with Crippen LogP contribution in [0, 0.1) is 0 Å². The van der Waals surface area contributed by atoms with Crippen molar-refractivity contribution >= 4 is 26.8 Å². The van der Waals surface area contributed by atoms with Gasteiger partial charge in [-0.3, -0.25) is 9.48 Å². The molecule has 1 fully saturated rings. The number of nitrogens with zero attached hydrogens (tertiary/aromatic N) is 3. The van der Waals surface area contributed by atoms with Crippen LogP contribution in [0.25, 0.3) is 22.0 Å². The van der Waals surface area contributed by atoms with Crippen LogP contribution in [0.1, 0.15) is 29.2 Å². The summed E-state index contributed by atoms with van der Waals surface area (Å²) in [5.74, 6) is -0.519. The molecule has 0 aliphatic carbocycles. The number of amides is 1. The number of sulfonamides is 1. The molecule has 0 bridgehead atoms. The lowest BCUT2D eigenvalue weighted by Gasteiger charge is -2.32. The Morgan fingerprint density at radius 1 is 0.970 bits per heavy atom. The number of primary amides is 1. The van der Waals surface area contributed by atoms with Crippen LogP contribution in [0.3, 0.4) is 0 Å². The summed E-state index contributed by atoms with van der Waals surface area (Å²) >= 11 is 0. The number of fused-ring (bicyclic) bond motifs is 1. The molecule has 0 spiro atoms. The lowest BCUT2D eigenvalue weighted by molar-refractivity contribution is 0.100. The second kappa shape index (κ2) is 8.46. The highest BCUT2D eigenvalue weighted by atomic mass is 32.2. The second-order valence-corrected chi connectivity index (χ2v) is 10.2. The largest absolute Gasteiger partial charge is 0.366 e. The first kappa shape index (κ1) is 21.4. The van der Waals surface area contributed by atoms with Gasteiger partial charge in [0, 0.05) is 18.5 Å². The molecule has 5 rings (SSSR count). The monoisotopic (exact) mass is 460 g/mol. The number of carbonyl (C=O) groups excluding carboxylic acids is 1. The van der Waals surface area contributed by atoms with Gasteiger partial charge in [-0.05, 0) is 48.2 Å². The maximum absolute atomic E-state index is 13.2. The summed E-state index contributed by atoms with van der Waals surface area (Å²) in [5.41, 5.74) is 8.70. The number of hydrogen-bond donors (Lipinski definition) is 1. The lowest BCUT2D eigenvalue weighted by Crippen LogP contribution is -2.40. The number of hydrogen-bond acceptors (Lipinski definition) is 4. The lowest BCUT2D eigenvalue weighted by atomic mass is 9.99. The van der Waals surface area contributed by atoms with Gasteiger partial charge in [0.25, 0.3) is 0 Å². The van der Waals surface area contributed by atoms with Gasteiger partial charge < -0.3 is 5.73 Å². The highest BCUT2D eigenvalue weighted by molar-refractivity contribution is 7.89. The summed E-state index contributed by atoms with van der Waals surface area (Å²) in [6, 6.07) is 21.9. The third-order valence-corrected chi connectivity index (χ3v) is 8.05. The molecular formula is C25H24N4O3S. The Labute approximate surface area is 192 Å². The van der Waals surface area contributed by atoms with Gasteiger partial charge in [-0.25, -0.2) is 8.42 Å². The molecule has 168 valence electrons. The first-order chi connectivity index (χ1) is 15.9. The Morgan fingerprint density at radius 3 is 2.36 bits per heavy atom. The van der Waals surface area contributed by atoms with Crippen molar-refractivity contribution in [2.75, 3.05) is 13.1 Å². The van der Waals surface area contributed by atoms with Crippen LogP contribution < -0.4 is 5.73 Å². The summed E-state index contributed by atoms with van der Waals surface area (Å²) in [6.45, 7) is 0.782. The van der Waals surface area contributed by atoms with Crippen molar-refractivity contribution < 1.29 is 13.2 Å². The number of piperidine rings is 1. The van der Waals surface area contributed by atoms with Crippen LogP contribution in [0.5, 0.6) is 0 Å². The molecule has 4 aromatic rings. The second-order valence-electron chi connectivity index (χ2n) is 8.25. The van der Waals surface area contributed by atoms with Crippen LogP contribution in [-0.2, 0) is 10.0 Å². The Balaban J connectivity index is 1.56. The third kappa shape index (κ3) is 3.92. The van der Waals surface area contributed by atoms with Gasteiger partial charge in [-0.2, -0.15) is 9.40 Å². The Kier molecular flexibility index (Phi) is 5.47. The van der Waals surface area contributed by atoms with E-state index in [1.54, 1.807) is 42.6 Å². The molecule has 0 saturated carbocycles. The molecule has 1 amide bonds. The first-order valence-corrected chi connectivity index (χ1v) is 12.3. The Bertz CT molecular complexity index is 1420. The summed E-state index contributed by atoms with van der Waals surface area (Å²) in [5, 5.41) is 5.24. The molecule has 33 heavy (non-hydrogen) atoms. The van der Waals surface area contributed by atoms with E-state index in [9.17, 15) is 13.2 Å². The summed E-state index contributed by atoms with van der Waals surface area (Å²) < 4.78 is 29.7. The maximum Gasteiger partial charge on any atom is 0.249 e. The van der Waals surface area contributed by atoms with Crippen molar-refractivity contribution in [2.24, 2.45) is 5.73 Å². The normalized spacial score (nSPS) is 17.3. The van der Waals surface area contributed by atoms with Crippen LogP contribution in [0.15, 0.2) is 83.9 Å². The third-order valence-electron chi connectivity index (χ3n) is 6.17. The predicted octanol–water partition coefficient (Wildman–Crippen LogP) is 3.83. The summed E-state index contributed by atoms with van der Waals surface area (Å²) in [6.07, 6.45) is 3.16. The molecule has 1 aromatic heterocycles. The first-order valence-electron chi connectivity index (χ1n) is 10.9. The van der Waals surface area contributed by atoms with E-state index in [0.29, 0.717) is 28.9 Å². The molecule has 1 atom stereocenters. The smallest absolute Gasteiger partial charge is 0.249 e. The fourth-order valence-electron chi connectivity index (χ4n) is 4.52. The van der Waals surface area contributed by atoms with Gasteiger partial charge in [0.05, 0.1) is 28.2 Å². The zero-order valence-electron chi connectivity index (χ0n) is 18.0. The van der Waals surface area contributed by atoms with E-state index in [1.807, 2.05) is 41.1 Å². The van der Waals surface area contributed by atoms with E-state index in [1.165, 1.54) is 4.31 Å². The van der Waals surface area contributed by atoms with Crippen molar-refractivity contribution in [3.63, 3.8) is 0 Å². The molecular weight excluding hydrogens is 436 g/mol. The van der Waals surface area contributed by atoms with Crippen molar-refractivity contribution in [3.05, 3.63) is 84.6 Å². The number of aromatic nitrogens is 2. The SMILES string of the molecule is NC(=O)c1cc(-c2ccccc2)cc2c1cnn2C1CCCN(S(=O)(=O)c2ccccc2)C1. The van der Waals surface area contributed by atoms with Gasteiger partial charge in [0.1, 0.15) is 0 Å². The van der Waals surface area contributed by atoms with Crippen molar-refractivity contribution in [3.8, 4) is 11.1 Å². The molecule has 0 radical (unpaired) electrons. The van der Waals surface area contributed by atoms with Gasteiger partial charge in [-0.1, -0.05) is 48.5 Å². The number of nitrogens with two attached hydrogens (primary N) is 1. The minimum absolute atomic E-state index is 0.151. The Hall–Kier alpha value is -3.49. The number of rotatable bonds is 5. The highest BCUT2D eigenvalue weighted by Gasteiger charge is 2.32. The minimum Gasteiger partial charge on any atom is -0.366 e.